The quantitative estimate of drug-likeness (QED) is 0.0730. The molecule has 7 aromatic heterocycles. The number of aliphatic hydroxyl groups is 2. The van der Waals surface area contributed by atoms with Crippen LogP contribution in [-0.4, -0.2) is 125 Å². The van der Waals surface area contributed by atoms with Crippen LogP contribution in [-0.2, 0) is 25.7 Å². The summed E-state index contributed by atoms with van der Waals surface area (Å²) in [6.45, 7) is 4.34. The molecule has 81 heavy (non-hydrogen) atoms. The van der Waals surface area contributed by atoms with Crippen LogP contribution in [0.15, 0.2) is 64.0 Å². The predicted molar refractivity (Wildman–Crippen MR) is 303 cm³/mol. The number of nitrogens with one attached hydrogen (secondary N) is 6. The molecule has 420 valence electrons. The highest BCUT2D eigenvalue weighted by atomic mass is 32.1. The fourth-order valence-corrected chi connectivity index (χ4v) is 13.6. The molecule has 8 heterocycles. The number of carbonyl (C=O) groups is 7. The zero-order valence-electron chi connectivity index (χ0n) is 43.3. The van der Waals surface area contributed by atoms with Crippen molar-refractivity contribution < 1.29 is 53.6 Å². The van der Waals surface area contributed by atoms with Gasteiger partial charge in [-0.1, -0.05) is 44.2 Å². The Labute approximate surface area is 484 Å². The first-order valence-electron chi connectivity index (χ1n) is 24.5. The average Bonchev–Trinajstić information content (AvgIpc) is 4.39. The molecule has 6 amide bonds. The summed E-state index contributed by atoms with van der Waals surface area (Å²) in [5, 5.41) is 55.5. The molecule has 1 aliphatic rings. The van der Waals surface area contributed by atoms with E-state index in [-0.39, 0.29) is 52.4 Å². The van der Waals surface area contributed by atoms with E-state index >= 15 is 0 Å². The van der Waals surface area contributed by atoms with Gasteiger partial charge in [0.2, 0.25) is 11.8 Å². The number of aromatic nitrogens is 7. The van der Waals surface area contributed by atoms with Crippen LogP contribution in [0, 0.1) is 12.8 Å². The maximum Gasteiger partial charge on any atom is 0.334 e. The number of carbonyl (C=O) groups excluding carboxylic acids is 6. The number of pyridine rings is 1. The Morgan fingerprint density at radius 2 is 1.41 bits per heavy atom. The van der Waals surface area contributed by atoms with E-state index in [0.717, 1.165) is 56.7 Å². The van der Waals surface area contributed by atoms with E-state index in [1.165, 1.54) is 36.3 Å². The molecule has 5 atom stereocenters. The number of aliphatic hydroxyl groups excluding tert-OH is 2. The van der Waals surface area contributed by atoms with Crippen molar-refractivity contribution in [1.29, 1.82) is 0 Å². The maximum atomic E-state index is 14.2. The van der Waals surface area contributed by atoms with Crippen LogP contribution in [0.25, 0.3) is 43.4 Å². The molecule has 0 spiro atoms. The molecule has 1 aromatic carbocycles. The number of benzene rings is 1. The monoisotopic (exact) mass is 1210 g/mol. The first kappa shape index (κ1) is 58.0. The molecule has 24 nitrogen and oxygen atoms in total. The Kier molecular flexibility index (Phi) is 18.2. The summed E-state index contributed by atoms with van der Waals surface area (Å²) in [6.07, 6.45) is -3.36. The van der Waals surface area contributed by atoms with E-state index < -0.39 is 84.8 Å². The Morgan fingerprint density at radius 1 is 0.704 bits per heavy atom. The second-order valence-corrected chi connectivity index (χ2v) is 24.1. The number of hydrogen-bond acceptors (Lipinski definition) is 23. The van der Waals surface area contributed by atoms with Crippen molar-refractivity contribution in [2.75, 3.05) is 27.2 Å². The van der Waals surface area contributed by atoms with Crippen molar-refractivity contribution in [3.63, 3.8) is 0 Å². The van der Waals surface area contributed by atoms with E-state index in [1.54, 1.807) is 60.1 Å². The molecule has 0 radical (unpaired) electrons. The number of nitrogens with zero attached hydrogens (tertiary/aromatic N) is 7. The molecule has 30 heteroatoms. The molecule has 0 saturated heterocycles. The van der Waals surface area contributed by atoms with Crippen molar-refractivity contribution in [2.45, 2.75) is 64.1 Å². The van der Waals surface area contributed by atoms with Crippen LogP contribution >= 0.6 is 68.0 Å². The highest BCUT2D eigenvalue weighted by Gasteiger charge is 2.33. The molecule has 0 aliphatic carbocycles. The van der Waals surface area contributed by atoms with Crippen LogP contribution < -0.4 is 31.9 Å². The molecule has 9 N–H and O–H groups in total. The lowest BCUT2D eigenvalue weighted by molar-refractivity contribution is -0.146. The van der Waals surface area contributed by atoms with Crippen molar-refractivity contribution in [2.24, 2.45) is 5.92 Å². The minimum atomic E-state index is -1.83. The summed E-state index contributed by atoms with van der Waals surface area (Å²) < 4.78 is 5.43. The van der Waals surface area contributed by atoms with Gasteiger partial charge in [0.05, 0.1) is 48.8 Å². The standard InChI is InChI=1S/C51H49N13O11S6/c1-21(2)35-50-64-38(32(81-50)16-75-5)43(71)54-15-34(67)61-39(40(68)23-9-7-6-8-10-23)49-60-30(20-79-49)47-57-27(17-77-47)37-24(11-12-25(55-37)46-59-28(18-78-46)41(69)53-14-31(65)51(73)74)45-58-29(19-76-45)42(70)56-26(13-33(66)52-4)48-63-36(22(3)80-48)44(72)62-35/h6-12,17-21,26,31,35,39-40,65,68H,13-16H2,1-5H3,(H,52,66)(H,53,69)(H,54,71)(H,56,70)(H,61,67)(H,62,72)(H,73,74)/t26-,31?,35-,39?,40?/m0/s1. The largest absolute Gasteiger partial charge is 0.479 e. The molecular weight excluding hydrogens is 1160 g/mol. The molecule has 1 aliphatic heterocycles. The summed E-state index contributed by atoms with van der Waals surface area (Å²) in [5.41, 5.74) is 2.23. The van der Waals surface area contributed by atoms with E-state index in [1.807, 2.05) is 13.8 Å². The zero-order chi connectivity index (χ0) is 57.6. The number of hydrogen-bond donors (Lipinski definition) is 9. The van der Waals surface area contributed by atoms with Crippen LogP contribution in [0.3, 0.4) is 0 Å². The van der Waals surface area contributed by atoms with Gasteiger partial charge >= 0.3 is 5.97 Å². The third-order valence-electron chi connectivity index (χ3n) is 12.2. The number of carboxylic acid groups (broad SMARTS) is 1. The second-order valence-electron chi connectivity index (χ2n) is 18.2. The summed E-state index contributed by atoms with van der Waals surface area (Å²) >= 11 is 6.88. The number of ether oxygens (including phenoxy) is 1. The maximum absolute atomic E-state index is 14.2. The van der Waals surface area contributed by atoms with Crippen LogP contribution in [0.5, 0.6) is 0 Å². The number of carboxylic acids is 1. The molecule has 9 rings (SSSR count). The molecule has 0 fully saturated rings. The minimum absolute atomic E-state index is 0.00882. The highest BCUT2D eigenvalue weighted by Crippen LogP contribution is 2.40. The molecule has 3 unspecified atom stereocenters. The van der Waals surface area contributed by atoms with E-state index in [2.05, 4.69) is 46.9 Å². The predicted octanol–water partition coefficient (Wildman–Crippen LogP) is 5.49. The van der Waals surface area contributed by atoms with Gasteiger partial charge in [-0.25, -0.2) is 39.7 Å². The molecule has 8 aromatic rings. The second kappa shape index (κ2) is 25.4. The lowest BCUT2D eigenvalue weighted by Crippen LogP contribution is -2.40. The van der Waals surface area contributed by atoms with Crippen LogP contribution in [0.2, 0.25) is 0 Å². The average molecular weight is 1210 g/mol. The number of aryl methyl sites for hydroxylation is 1. The number of methoxy groups -OCH3 is 1. The van der Waals surface area contributed by atoms with Crippen molar-refractivity contribution in [3.8, 4) is 43.4 Å². The smallest absolute Gasteiger partial charge is 0.334 e. The fraction of sp³-hybridized carbons (Fsp3) is 0.294. The topological polar surface area (TPSA) is 352 Å². The first-order chi connectivity index (χ1) is 38.9. The minimum Gasteiger partial charge on any atom is -0.479 e. The van der Waals surface area contributed by atoms with Crippen LogP contribution in [0.1, 0.15) is 117 Å². The van der Waals surface area contributed by atoms with Gasteiger partial charge in [0.25, 0.3) is 23.6 Å². The molecular formula is C51H49N13O11S6. The number of thiazole rings is 6. The van der Waals surface area contributed by atoms with Gasteiger partial charge in [0.1, 0.15) is 82.0 Å². The Hall–Kier alpha value is -7.68. The van der Waals surface area contributed by atoms with Crippen molar-refractivity contribution >= 4 is 109 Å². The SMILES string of the molecule is CNC(=O)C[C@@H]1NC(=O)c2csc(n2)-c2ccc(-c3nc(C(=O)NCC(O)C(=O)O)cs3)nc2-c2csc(n2)-c2csc(n2)C(C(O)c2ccccc2)NC(=O)CNC(=O)c2nc(sc2COC)[C@H](C(C)C)NC(=O)c2nc1sc2C. The Bertz CT molecular complexity index is 3670. The first-order valence-corrected chi connectivity index (χ1v) is 29.7. The third-order valence-corrected chi connectivity index (χ3v) is 17.9. The van der Waals surface area contributed by atoms with Crippen molar-refractivity contribution in [1.82, 2.24) is 66.8 Å². The number of aliphatic carboxylic acids is 1. The normalized spacial score (nSPS) is 16.8. The fourth-order valence-electron chi connectivity index (χ4n) is 8.06. The van der Waals surface area contributed by atoms with Gasteiger partial charge in [-0.05, 0) is 30.5 Å². The van der Waals surface area contributed by atoms with E-state index in [4.69, 9.17) is 29.8 Å². The lowest BCUT2D eigenvalue weighted by atomic mass is 10.0. The van der Waals surface area contributed by atoms with Gasteiger partial charge in [-0.2, -0.15) is 0 Å². The van der Waals surface area contributed by atoms with Gasteiger partial charge in [0, 0.05) is 46.1 Å². The lowest BCUT2D eigenvalue weighted by Gasteiger charge is -2.23. The Morgan fingerprint density at radius 3 is 2.15 bits per heavy atom. The van der Waals surface area contributed by atoms with E-state index in [9.17, 15) is 43.8 Å². The number of amides is 6. The Balaban J connectivity index is 1.12. The van der Waals surface area contributed by atoms with E-state index in [0.29, 0.717) is 63.0 Å². The molecule has 0 saturated carbocycles. The molecule has 10 bridgehead atoms. The zero-order valence-corrected chi connectivity index (χ0v) is 48.2. The number of rotatable bonds is 12. The van der Waals surface area contributed by atoms with Gasteiger partial charge < -0.3 is 52.0 Å². The summed E-state index contributed by atoms with van der Waals surface area (Å²) in [6, 6.07) is 9.18. The van der Waals surface area contributed by atoms with Crippen molar-refractivity contribution in [3.05, 3.63) is 117 Å². The van der Waals surface area contributed by atoms with Gasteiger partial charge in [-0.3, -0.25) is 28.8 Å². The van der Waals surface area contributed by atoms with Gasteiger partial charge in [0.15, 0.2) is 6.10 Å². The van der Waals surface area contributed by atoms with Gasteiger partial charge in [-0.15, -0.1) is 68.0 Å². The summed E-state index contributed by atoms with van der Waals surface area (Å²) in [7, 11) is 2.91. The van der Waals surface area contributed by atoms with Crippen LogP contribution in [0.4, 0.5) is 0 Å². The highest BCUT2D eigenvalue weighted by molar-refractivity contribution is 7.15. The third kappa shape index (κ3) is 13.2. The number of fused-ring (bicyclic) bond motifs is 14. The summed E-state index contributed by atoms with van der Waals surface area (Å²) in [4.78, 5) is 128. The summed E-state index contributed by atoms with van der Waals surface area (Å²) in [5.74, 6) is -5.47.